The van der Waals surface area contributed by atoms with Crippen molar-refractivity contribution in [2.75, 3.05) is 6.61 Å². The summed E-state index contributed by atoms with van der Waals surface area (Å²) in [4.78, 5) is 16.1. The van der Waals surface area contributed by atoms with Crippen LogP contribution in [0, 0.1) is 0 Å². The fourth-order valence-corrected chi connectivity index (χ4v) is 2.21. The largest absolute Gasteiger partial charge is 0.466 e. The third kappa shape index (κ3) is 3.92. The lowest BCUT2D eigenvalue weighted by Gasteiger charge is -2.16. The highest BCUT2D eigenvalue weighted by molar-refractivity contribution is 5.78. The van der Waals surface area contributed by atoms with Gasteiger partial charge in [-0.05, 0) is 43.0 Å². The molecular weight excluding hydrogens is 250 g/mol. The van der Waals surface area contributed by atoms with Crippen molar-refractivity contribution in [3.8, 4) is 0 Å². The minimum atomic E-state index is -0.204. The van der Waals surface area contributed by atoms with Crippen LogP contribution in [0.4, 0.5) is 0 Å². The third-order valence-corrected chi connectivity index (χ3v) is 3.24. The molecule has 1 aromatic heterocycles. The molecule has 2 rings (SSSR count). The standard InChI is InChI=1S/C17H19NO2/c1-2-20-17(19)16(15-6-4-3-5-7-15)9-8-14-10-12-18-13-11-14/h3-7,10-13,16H,2,8-9H2,1H3. The summed E-state index contributed by atoms with van der Waals surface area (Å²) in [6.07, 6.45) is 5.13. The predicted molar refractivity (Wildman–Crippen MR) is 78.4 cm³/mol. The molecule has 1 aromatic carbocycles. The van der Waals surface area contributed by atoms with E-state index < -0.39 is 0 Å². The molecule has 0 N–H and O–H groups in total. The van der Waals surface area contributed by atoms with E-state index in [0.717, 1.165) is 18.4 Å². The highest BCUT2D eigenvalue weighted by atomic mass is 16.5. The molecule has 0 spiro atoms. The van der Waals surface area contributed by atoms with Gasteiger partial charge in [-0.15, -0.1) is 0 Å². The van der Waals surface area contributed by atoms with Crippen molar-refractivity contribution in [2.24, 2.45) is 0 Å². The van der Waals surface area contributed by atoms with Crippen LogP contribution in [-0.2, 0) is 16.0 Å². The maximum atomic E-state index is 12.1. The minimum Gasteiger partial charge on any atom is -0.466 e. The van der Waals surface area contributed by atoms with Crippen LogP contribution in [0.25, 0.3) is 0 Å². The molecule has 0 aliphatic carbocycles. The van der Waals surface area contributed by atoms with Gasteiger partial charge in [-0.2, -0.15) is 0 Å². The highest BCUT2D eigenvalue weighted by Gasteiger charge is 2.21. The molecule has 0 saturated carbocycles. The highest BCUT2D eigenvalue weighted by Crippen LogP contribution is 2.23. The van der Waals surface area contributed by atoms with Crippen molar-refractivity contribution in [1.82, 2.24) is 4.98 Å². The summed E-state index contributed by atoms with van der Waals surface area (Å²) in [6.45, 7) is 2.25. The number of nitrogens with zero attached hydrogens (tertiary/aromatic N) is 1. The van der Waals surface area contributed by atoms with E-state index in [1.807, 2.05) is 49.4 Å². The zero-order valence-corrected chi connectivity index (χ0v) is 11.7. The van der Waals surface area contributed by atoms with Crippen LogP contribution >= 0.6 is 0 Å². The number of aromatic nitrogens is 1. The number of hydrogen-bond donors (Lipinski definition) is 0. The van der Waals surface area contributed by atoms with Gasteiger partial charge in [0.15, 0.2) is 0 Å². The first kappa shape index (κ1) is 14.3. The van der Waals surface area contributed by atoms with Crippen LogP contribution < -0.4 is 0 Å². The summed E-state index contributed by atoms with van der Waals surface area (Å²) in [5, 5.41) is 0. The van der Waals surface area contributed by atoms with Gasteiger partial charge in [-0.25, -0.2) is 0 Å². The van der Waals surface area contributed by atoms with Gasteiger partial charge in [-0.1, -0.05) is 30.3 Å². The fourth-order valence-electron chi connectivity index (χ4n) is 2.21. The van der Waals surface area contributed by atoms with E-state index in [0.29, 0.717) is 6.61 Å². The molecule has 0 radical (unpaired) electrons. The Balaban J connectivity index is 2.09. The Hall–Kier alpha value is -2.16. The van der Waals surface area contributed by atoms with Gasteiger partial charge in [0.25, 0.3) is 0 Å². The van der Waals surface area contributed by atoms with Crippen molar-refractivity contribution >= 4 is 5.97 Å². The number of carbonyl (C=O) groups is 1. The molecule has 0 saturated heterocycles. The topological polar surface area (TPSA) is 39.2 Å². The number of pyridine rings is 1. The van der Waals surface area contributed by atoms with E-state index in [-0.39, 0.29) is 11.9 Å². The predicted octanol–water partition coefficient (Wildman–Crippen LogP) is 3.36. The van der Waals surface area contributed by atoms with Crippen LogP contribution in [0.3, 0.4) is 0 Å². The van der Waals surface area contributed by atoms with Crippen LogP contribution in [-0.4, -0.2) is 17.6 Å². The number of esters is 1. The molecule has 0 bridgehead atoms. The lowest BCUT2D eigenvalue weighted by atomic mass is 9.92. The molecule has 1 unspecified atom stereocenters. The van der Waals surface area contributed by atoms with Crippen LogP contribution in [0.5, 0.6) is 0 Å². The zero-order valence-electron chi connectivity index (χ0n) is 11.7. The third-order valence-electron chi connectivity index (χ3n) is 3.24. The van der Waals surface area contributed by atoms with E-state index >= 15 is 0 Å². The summed E-state index contributed by atoms with van der Waals surface area (Å²) in [7, 11) is 0. The van der Waals surface area contributed by atoms with Crippen molar-refractivity contribution < 1.29 is 9.53 Å². The summed E-state index contributed by atoms with van der Waals surface area (Å²) < 4.78 is 5.20. The summed E-state index contributed by atoms with van der Waals surface area (Å²) >= 11 is 0. The van der Waals surface area contributed by atoms with E-state index in [4.69, 9.17) is 4.74 Å². The van der Waals surface area contributed by atoms with Gasteiger partial charge in [0.1, 0.15) is 0 Å². The first-order chi connectivity index (χ1) is 9.81. The molecule has 0 aliphatic heterocycles. The zero-order chi connectivity index (χ0) is 14.2. The first-order valence-corrected chi connectivity index (χ1v) is 6.91. The Labute approximate surface area is 119 Å². The number of ether oxygens (including phenoxy) is 1. The average Bonchev–Trinajstić information content (AvgIpc) is 2.50. The normalized spacial score (nSPS) is 11.8. The summed E-state index contributed by atoms with van der Waals surface area (Å²) in [5.41, 5.74) is 2.20. The monoisotopic (exact) mass is 269 g/mol. The first-order valence-electron chi connectivity index (χ1n) is 6.91. The Morgan fingerprint density at radius 3 is 2.50 bits per heavy atom. The fraction of sp³-hybridized carbons (Fsp3) is 0.294. The molecular formula is C17H19NO2. The molecule has 104 valence electrons. The van der Waals surface area contributed by atoms with Crippen LogP contribution in [0.1, 0.15) is 30.4 Å². The lowest BCUT2D eigenvalue weighted by molar-refractivity contribution is -0.145. The average molecular weight is 269 g/mol. The molecule has 1 heterocycles. The maximum Gasteiger partial charge on any atom is 0.313 e. The smallest absolute Gasteiger partial charge is 0.313 e. The van der Waals surface area contributed by atoms with Crippen molar-refractivity contribution in [2.45, 2.75) is 25.7 Å². The SMILES string of the molecule is CCOC(=O)C(CCc1ccncc1)c1ccccc1. The number of carbonyl (C=O) groups excluding carboxylic acids is 1. The molecule has 3 nitrogen and oxygen atoms in total. The Kier molecular flexibility index (Phi) is 5.30. The minimum absolute atomic E-state index is 0.146. The maximum absolute atomic E-state index is 12.1. The van der Waals surface area contributed by atoms with Gasteiger partial charge in [-0.3, -0.25) is 9.78 Å². The molecule has 1 atom stereocenters. The van der Waals surface area contributed by atoms with Crippen LogP contribution in [0.15, 0.2) is 54.9 Å². The summed E-state index contributed by atoms with van der Waals surface area (Å²) in [5.74, 6) is -0.350. The number of benzene rings is 1. The molecule has 2 aromatic rings. The van der Waals surface area contributed by atoms with Crippen molar-refractivity contribution in [3.63, 3.8) is 0 Å². The number of rotatable bonds is 6. The van der Waals surface area contributed by atoms with Gasteiger partial charge < -0.3 is 4.74 Å². The van der Waals surface area contributed by atoms with Gasteiger partial charge in [0, 0.05) is 12.4 Å². The van der Waals surface area contributed by atoms with Gasteiger partial charge in [0.05, 0.1) is 12.5 Å². The van der Waals surface area contributed by atoms with Crippen LogP contribution in [0.2, 0.25) is 0 Å². The van der Waals surface area contributed by atoms with Crippen molar-refractivity contribution in [1.29, 1.82) is 0 Å². The molecule has 0 aliphatic rings. The second-order valence-corrected chi connectivity index (χ2v) is 4.61. The molecule has 3 heteroatoms. The van der Waals surface area contributed by atoms with Gasteiger partial charge in [0.2, 0.25) is 0 Å². The van der Waals surface area contributed by atoms with E-state index in [1.165, 1.54) is 5.56 Å². The van der Waals surface area contributed by atoms with E-state index in [9.17, 15) is 4.79 Å². The Morgan fingerprint density at radius 1 is 1.15 bits per heavy atom. The number of aryl methyl sites for hydroxylation is 1. The molecule has 0 fully saturated rings. The second-order valence-electron chi connectivity index (χ2n) is 4.61. The molecule has 20 heavy (non-hydrogen) atoms. The molecule has 0 amide bonds. The lowest BCUT2D eigenvalue weighted by Crippen LogP contribution is -2.16. The van der Waals surface area contributed by atoms with Crippen molar-refractivity contribution in [3.05, 3.63) is 66.0 Å². The quantitative estimate of drug-likeness (QED) is 0.755. The summed E-state index contributed by atoms with van der Waals surface area (Å²) in [6, 6.07) is 13.8. The Morgan fingerprint density at radius 2 is 1.85 bits per heavy atom. The number of hydrogen-bond acceptors (Lipinski definition) is 3. The van der Waals surface area contributed by atoms with Gasteiger partial charge >= 0.3 is 5.97 Å². The van der Waals surface area contributed by atoms with E-state index in [2.05, 4.69) is 4.98 Å². The Bertz CT molecular complexity index is 525. The van der Waals surface area contributed by atoms with E-state index in [1.54, 1.807) is 12.4 Å². The second kappa shape index (κ2) is 7.43.